The third kappa shape index (κ3) is 1.90. The molecule has 86 valence electrons. The summed E-state index contributed by atoms with van der Waals surface area (Å²) in [6.45, 7) is 2.88. The Morgan fingerprint density at radius 1 is 1.50 bits per heavy atom. The highest BCUT2D eigenvalue weighted by atomic mass is 16.5. The van der Waals surface area contributed by atoms with E-state index in [0.717, 1.165) is 30.7 Å². The van der Waals surface area contributed by atoms with Crippen LogP contribution in [0.4, 0.5) is 0 Å². The summed E-state index contributed by atoms with van der Waals surface area (Å²) in [6, 6.07) is 6.04. The molecule has 1 aliphatic heterocycles. The van der Waals surface area contributed by atoms with Crippen LogP contribution in [0.2, 0.25) is 0 Å². The molecule has 0 saturated carbocycles. The molecule has 1 aliphatic rings. The maximum Gasteiger partial charge on any atom is 0.227 e. The monoisotopic (exact) mass is 219 g/mol. The predicted octanol–water partition coefficient (Wildman–Crippen LogP) is 1.86. The molecule has 0 radical (unpaired) electrons. The molecule has 1 N–H and O–H groups in total. The van der Waals surface area contributed by atoms with E-state index in [1.54, 1.807) is 7.11 Å². The van der Waals surface area contributed by atoms with E-state index in [9.17, 15) is 4.79 Å². The Bertz CT molecular complexity index is 401. The van der Waals surface area contributed by atoms with Gasteiger partial charge in [0.15, 0.2) is 0 Å². The Kier molecular flexibility index (Phi) is 3.13. The summed E-state index contributed by atoms with van der Waals surface area (Å²) in [5, 5.41) is 2.86. The maximum atomic E-state index is 11.6. The van der Waals surface area contributed by atoms with Crippen molar-refractivity contribution in [2.24, 2.45) is 0 Å². The number of ether oxygens (including phenoxy) is 1. The Labute approximate surface area is 95.8 Å². The van der Waals surface area contributed by atoms with E-state index in [1.807, 2.05) is 12.1 Å². The van der Waals surface area contributed by atoms with Gasteiger partial charge in [0.2, 0.25) is 5.91 Å². The lowest BCUT2D eigenvalue weighted by molar-refractivity contribution is -0.120. The Morgan fingerprint density at radius 3 is 2.88 bits per heavy atom. The number of amides is 1. The van der Waals surface area contributed by atoms with Crippen molar-refractivity contribution >= 4 is 5.91 Å². The normalized spacial score (nSPS) is 19.6. The summed E-state index contributed by atoms with van der Waals surface area (Å²) in [5.41, 5.74) is 2.27. The highest BCUT2D eigenvalue weighted by Crippen LogP contribution is 2.28. The molecule has 16 heavy (non-hydrogen) atoms. The van der Waals surface area contributed by atoms with Crippen molar-refractivity contribution in [3.63, 3.8) is 0 Å². The van der Waals surface area contributed by atoms with E-state index in [2.05, 4.69) is 18.3 Å². The van der Waals surface area contributed by atoms with Gasteiger partial charge in [0.1, 0.15) is 5.75 Å². The van der Waals surface area contributed by atoms with Gasteiger partial charge in [0, 0.05) is 6.54 Å². The molecule has 1 aromatic rings. The first-order valence-electron chi connectivity index (χ1n) is 5.70. The number of hydrogen-bond donors (Lipinski definition) is 1. The summed E-state index contributed by atoms with van der Waals surface area (Å²) < 4.78 is 5.28. The number of hydrogen-bond acceptors (Lipinski definition) is 2. The molecule has 3 heteroatoms. The third-order valence-corrected chi connectivity index (χ3v) is 3.14. The van der Waals surface area contributed by atoms with Gasteiger partial charge >= 0.3 is 0 Å². The fourth-order valence-electron chi connectivity index (χ4n) is 2.20. The molecule has 0 aromatic heterocycles. The van der Waals surface area contributed by atoms with Crippen LogP contribution in [0.25, 0.3) is 0 Å². The van der Waals surface area contributed by atoms with Crippen LogP contribution in [-0.4, -0.2) is 19.6 Å². The Balaban J connectivity index is 2.32. The molecule has 3 nitrogen and oxygen atoms in total. The van der Waals surface area contributed by atoms with Crippen molar-refractivity contribution in [3.05, 3.63) is 29.3 Å². The standard InChI is InChI=1S/C13H17NO2/c1-3-9-8-10(4-5-12(9)16-2)11-6-7-14-13(11)15/h4-5,8,11H,3,6-7H2,1-2H3,(H,14,15). The molecule has 1 amide bonds. The summed E-state index contributed by atoms with van der Waals surface area (Å²) >= 11 is 0. The van der Waals surface area contributed by atoms with Crippen LogP contribution in [-0.2, 0) is 11.2 Å². The van der Waals surface area contributed by atoms with Crippen molar-refractivity contribution < 1.29 is 9.53 Å². The van der Waals surface area contributed by atoms with Crippen LogP contribution in [0.3, 0.4) is 0 Å². The molecule has 1 heterocycles. The summed E-state index contributed by atoms with van der Waals surface area (Å²) in [4.78, 5) is 11.6. The van der Waals surface area contributed by atoms with Gasteiger partial charge in [-0.1, -0.05) is 19.1 Å². The topological polar surface area (TPSA) is 38.3 Å². The van der Waals surface area contributed by atoms with Crippen LogP contribution in [0, 0.1) is 0 Å². The molecule has 1 fully saturated rings. The first-order valence-corrected chi connectivity index (χ1v) is 5.70. The summed E-state index contributed by atoms with van der Waals surface area (Å²) in [5.74, 6) is 1.08. The zero-order chi connectivity index (χ0) is 11.5. The SMILES string of the molecule is CCc1cc(C2CCNC2=O)ccc1OC. The minimum atomic E-state index is 0.0243. The van der Waals surface area contributed by atoms with E-state index in [0.29, 0.717) is 0 Å². The number of benzene rings is 1. The number of rotatable bonds is 3. The first-order chi connectivity index (χ1) is 7.76. The van der Waals surface area contributed by atoms with E-state index in [-0.39, 0.29) is 11.8 Å². The van der Waals surface area contributed by atoms with Gasteiger partial charge in [0.05, 0.1) is 13.0 Å². The molecule has 0 spiro atoms. The molecule has 0 bridgehead atoms. The molecule has 1 atom stereocenters. The van der Waals surface area contributed by atoms with Crippen LogP contribution in [0.15, 0.2) is 18.2 Å². The minimum Gasteiger partial charge on any atom is -0.496 e. The molecular formula is C13H17NO2. The second-order valence-electron chi connectivity index (χ2n) is 4.06. The van der Waals surface area contributed by atoms with Crippen molar-refractivity contribution in [3.8, 4) is 5.75 Å². The third-order valence-electron chi connectivity index (χ3n) is 3.14. The second-order valence-corrected chi connectivity index (χ2v) is 4.06. The second kappa shape index (κ2) is 4.56. The first kappa shape index (κ1) is 11.0. The zero-order valence-electron chi connectivity index (χ0n) is 9.75. The highest BCUT2D eigenvalue weighted by Gasteiger charge is 2.26. The quantitative estimate of drug-likeness (QED) is 0.842. The highest BCUT2D eigenvalue weighted by molar-refractivity contribution is 5.85. The number of nitrogens with one attached hydrogen (secondary N) is 1. The Hall–Kier alpha value is -1.51. The number of carbonyl (C=O) groups excluding carboxylic acids is 1. The zero-order valence-corrected chi connectivity index (χ0v) is 9.75. The van der Waals surface area contributed by atoms with Gasteiger partial charge in [-0.3, -0.25) is 4.79 Å². The molecule has 1 saturated heterocycles. The van der Waals surface area contributed by atoms with E-state index >= 15 is 0 Å². The smallest absolute Gasteiger partial charge is 0.227 e. The predicted molar refractivity (Wildman–Crippen MR) is 62.7 cm³/mol. The average Bonchev–Trinajstić information content (AvgIpc) is 2.74. The number of aryl methyl sites for hydroxylation is 1. The Morgan fingerprint density at radius 2 is 2.31 bits per heavy atom. The fourth-order valence-corrected chi connectivity index (χ4v) is 2.20. The van der Waals surface area contributed by atoms with E-state index in [4.69, 9.17) is 4.74 Å². The van der Waals surface area contributed by atoms with Crippen LogP contribution >= 0.6 is 0 Å². The van der Waals surface area contributed by atoms with Gasteiger partial charge in [-0.05, 0) is 30.0 Å². The summed E-state index contributed by atoms with van der Waals surface area (Å²) in [7, 11) is 1.68. The van der Waals surface area contributed by atoms with Gasteiger partial charge in [0.25, 0.3) is 0 Å². The average molecular weight is 219 g/mol. The van der Waals surface area contributed by atoms with Crippen molar-refractivity contribution in [1.82, 2.24) is 5.32 Å². The van der Waals surface area contributed by atoms with Gasteiger partial charge < -0.3 is 10.1 Å². The largest absolute Gasteiger partial charge is 0.496 e. The van der Waals surface area contributed by atoms with Crippen LogP contribution < -0.4 is 10.1 Å². The van der Waals surface area contributed by atoms with Gasteiger partial charge in [-0.2, -0.15) is 0 Å². The van der Waals surface area contributed by atoms with Crippen LogP contribution in [0.1, 0.15) is 30.4 Å². The molecule has 1 unspecified atom stereocenters. The minimum absolute atomic E-state index is 0.0243. The van der Waals surface area contributed by atoms with Crippen LogP contribution in [0.5, 0.6) is 5.75 Å². The lowest BCUT2D eigenvalue weighted by Gasteiger charge is -2.12. The molecule has 2 rings (SSSR count). The lowest BCUT2D eigenvalue weighted by atomic mass is 9.95. The van der Waals surface area contributed by atoms with Gasteiger partial charge in [-0.15, -0.1) is 0 Å². The van der Waals surface area contributed by atoms with Crippen molar-refractivity contribution in [2.45, 2.75) is 25.7 Å². The van der Waals surface area contributed by atoms with E-state index in [1.165, 1.54) is 5.56 Å². The number of carbonyl (C=O) groups is 1. The fraction of sp³-hybridized carbons (Fsp3) is 0.462. The molecule has 1 aromatic carbocycles. The molecular weight excluding hydrogens is 202 g/mol. The van der Waals surface area contributed by atoms with Crippen molar-refractivity contribution in [1.29, 1.82) is 0 Å². The summed E-state index contributed by atoms with van der Waals surface area (Å²) in [6.07, 6.45) is 1.82. The maximum absolute atomic E-state index is 11.6. The van der Waals surface area contributed by atoms with Crippen molar-refractivity contribution in [2.75, 3.05) is 13.7 Å². The number of methoxy groups -OCH3 is 1. The lowest BCUT2D eigenvalue weighted by Crippen LogP contribution is -2.17. The van der Waals surface area contributed by atoms with Gasteiger partial charge in [-0.25, -0.2) is 0 Å². The molecule has 0 aliphatic carbocycles. The van der Waals surface area contributed by atoms with E-state index < -0.39 is 0 Å².